The molecule has 0 unspecified atom stereocenters. The Kier molecular flexibility index (Phi) is 6.10. The molecule has 27 heavy (non-hydrogen) atoms. The number of hydrogen-bond donors (Lipinski definition) is 1. The van der Waals surface area contributed by atoms with Crippen LogP contribution in [0.25, 0.3) is 0 Å². The zero-order valence-electron chi connectivity index (χ0n) is 15.2. The lowest BCUT2D eigenvalue weighted by Crippen LogP contribution is -2.50. The van der Waals surface area contributed by atoms with Gasteiger partial charge in [-0.05, 0) is 36.4 Å². The number of hydrogen-bond acceptors (Lipinski definition) is 5. The Morgan fingerprint density at radius 1 is 0.963 bits per heavy atom. The van der Waals surface area contributed by atoms with Crippen molar-refractivity contribution in [1.29, 1.82) is 0 Å². The van der Waals surface area contributed by atoms with Gasteiger partial charge in [0.25, 0.3) is 0 Å². The zero-order chi connectivity index (χ0) is 19.3. The standard InChI is InChI=1S/C19H23N3O4S/c1-27(24,25)22-13-11-21(12-14-22)15-19(23)20-16-7-9-18(10-8-16)26-17-5-3-2-4-6-17/h2-10H,11-15H2,1H3,(H,20,23). The second-order valence-corrected chi connectivity index (χ2v) is 8.41. The average molecular weight is 389 g/mol. The third-order valence-electron chi connectivity index (χ3n) is 4.28. The topological polar surface area (TPSA) is 79.0 Å². The summed E-state index contributed by atoms with van der Waals surface area (Å²) in [5.74, 6) is 1.32. The summed E-state index contributed by atoms with van der Waals surface area (Å²) in [4.78, 5) is 14.2. The molecule has 0 bridgehead atoms. The minimum absolute atomic E-state index is 0.125. The first-order valence-corrected chi connectivity index (χ1v) is 10.6. The number of ether oxygens (including phenoxy) is 1. The number of para-hydroxylation sites is 1. The number of piperazine rings is 1. The van der Waals surface area contributed by atoms with E-state index in [0.717, 1.165) is 5.75 Å². The molecule has 8 heteroatoms. The van der Waals surface area contributed by atoms with E-state index in [0.29, 0.717) is 37.6 Å². The number of nitrogens with one attached hydrogen (secondary N) is 1. The molecule has 3 rings (SSSR count). The maximum atomic E-state index is 12.2. The molecular weight excluding hydrogens is 366 g/mol. The van der Waals surface area contributed by atoms with E-state index >= 15 is 0 Å². The molecule has 1 aliphatic rings. The Morgan fingerprint density at radius 2 is 1.56 bits per heavy atom. The summed E-state index contributed by atoms with van der Waals surface area (Å²) in [7, 11) is -3.16. The minimum Gasteiger partial charge on any atom is -0.457 e. The second kappa shape index (κ2) is 8.51. The molecule has 1 heterocycles. The van der Waals surface area contributed by atoms with Gasteiger partial charge in [-0.2, -0.15) is 4.31 Å². The number of carbonyl (C=O) groups is 1. The van der Waals surface area contributed by atoms with Crippen molar-refractivity contribution in [1.82, 2.24) is 9.21 Å². The maximum Gasteiger partial charge on any atom is 0.238 e. The molecule has 1 N–H and O–H groups in total. The highest BCUT2D eigenvalue weighted by Crippen LogP contribution is 2.22. The monoisotopic (exact) mass is 389 g/mol. The fourth-order valence-corrected chi connectivity index (χ4v) is 3.68. The van der Waals surface area contributed by atoms with Crippen molar-refractivity contribution >= 4 is 21.6 Å². The number of benzene rings is 2. The summed E-state index contributed by atoms with van der Waals surface area (Å²) >= 11 is 0. The Morgan fingerprint density at radius 3 is 2.15 bits per heavy atom. The van der Waals surface area contributed by atoms with Crippen LogP contribution in [0.15, 0.2) is 54.6 Å². The van der Waals surface area contributed by atoms with Crippen molar-refractivity contribution in [3.05, 3.63) is 54.6 Å². The molecule has 0 saturated carbocycles. The van der Waals surface area contributed by atoms with Crippen LogP contribution >= 0.6 is 0 Å². The van der Waals surface area contributed by atoms with Gasteiger partial charge in [0.05, 0.1) is 12.8 Å². The van der Waals surface area contributed by atoms with E-state index in [4.69, 9.17) is 4.74 Å². The van der Waals surface area contributed by atoms with Crippen LogP contribution in [-0.4, -0.2) is 62.5 Å². The molecule has 1 saturated heterocycles. The molecule has 144 valence electrons. The summed E-state index contributed by atoms with van der Waals surface area (Å²) < 4.78 is 30.2. The summed E-state index contributed by atoms with van der Waals surface area (Å²) in [6.45, 7) is 2.16. The Bertz CT molecular complexity index is 862. The summed E-state index contributed by atoms with van der Waals surface area (Å²) in [5, 5.41) is 2.85. The first kappa shape index (κ1) is 19.3. The highest BCUT2D eigenvalue weighted by Gasteiger charge is 2.24. The quantitative estimate of drug-likeness (QED) is 0.817. The van der Waals surface area contributed by atoms with E-state index in [1.54, 1.807) is 24.3 Å². The second-order valence-electron chi connectivity index (χ2n) is 6.43. The lowest BCUT2D eigenvalue weighted by Gasteiger charge is -2.32. The van der Waals surface area contributed by atoms with Crippen LogP contribution in [0.5, 0.6) is 11.5 Å². The third kappa shape index (κ3) is 5.78. The average Bonchev–Trinajstić information content (AvgIpc) is 2.64. The molecule has 1 fully saturated rings. The summed E-state index contributed by atoms with van der Waals surface area (Å²) in [6.07, 6.45) is 1.21. The van der Waals surface area contributed by atoms with E-state index in [2.05, 4.69) is 5.32 Å². The fraction of sp³-hybridized carbons (Fsp3) is 0.316. The summed E-state index contributed by atoms with van der Waals surface area (Å²) in [6, 6.07) is 16.7. The van der Waals surface area contributed by atoms with Crippen molar-refractivity contribution < 1.29 is 17.9 Å². The van der Waals surface area contributed by atoms with Gasteiger partial charge < -0.3 is 10.1 Å². The number of nitrogens with zero attached hydrogens (tertiary/aromatic N) is 2. The van der Waals surface area contributed by atoms with Crippen LogP contribution in [-0.2, 0) is 14.8 Å². The smallest absolute Gasteiger partial charge is 0.238 e. The van der Waals surface area contributed by atoms with Crippen molar-refractivity contribution in [2.24, 2.45) is 0 Å². The zero-order valence-corrected chi connectivity index (χ0v) is 16.0. The molecule has 2 aromatic carbocycles. The predicted molar refractivity (Wildman–Crippen MR) is 104 cm³/mol. The van der Waals surface area contributed by atoms with E-state index in [1.165, 1.54) is 10.6 Å². The van der Waals surface area contributed by atoms with Gasteiger partial charge in [-0.1, -0.05) is 18.2 Å². The van der Waals surface area contributed by atoms with Gasteiger partial charge >= 0.3 is 0 Å². The highest BCUT2D eigenvalue weighted by atomic mass is 32.2. The molecule has 0 radical (unpaired) electrons. The van der Waals surface area contributed by atoms with Gasteiger partial charge in [-0.15, -0.1) is 0 Å². The number of rotatable bonds is 6. The number of carbonyl (C=O) groups excluding carboxylic acids is 1. The van der Waals surface area contributed by atoms with E-state index in [9.17, 15) is 13.2 Å². The molecule has 1 aliphatic heterocycles. The summed E-state index contributed by atoms with van der Waals surface area (Å²) in [5.41, 5.74) is 0.690. The Balaban J connectivity index is 1.47. The van der Waals surface area contributed by atoms with Crippen LogP contribution in [0.1, 0.15) is 0 Å². The normalized spacial score (nSPS) is 16.0. The minimum atomic E-state index is -3.16. The molecule has 0 aromatic heterocycles. The maximum absolute atomic E-state index is 12.2. The van der Waals surface area contributed by atoms with Gasteiger partial charge in [0.1, 0.15) is 11.5 Å². The number of anilines is 1. The van der Waals surface area contributed by atoms with Crippen molar-refractivity contribution in [3.8, 4) is 11.5 Å². The molecule has 0 atom stereocenters. The first-order valence-electron chi connectivity index (χ1n) is 8.70. The van der Waals surface area contributed by atoms with Gasteiger partial charge in [-0.25, -0.2) is 8.42 Å². The lowest BCUT2D eigenvalue weighted by atomic mass is 10.3. The van der Waals surface area contributed by atoms with Crippen LogP contribution in [0.4, 0.5) is 5.69 Å². The van der Waals surface area contributed by atoms with Crippen LogP contribution in [0, 0.1) is 0 Å². The lowest BCUT2D eigenvalue weighted by molar-refractivity contribution is -0.117. The van der Waals surface area contributed by atoms with E-state index in [-0.39, 0.29) is 12.5 Å². The van der Waals surface area contributed by atoms with Gasteiger partial charge in [-0.3, -0.25) is 9.69 Å². The van der Waals surface area contributed by atoms with Crippen molar-refractivity contribution in [3.63, 3.8) is 0 Å². The Labute approximate surface area is 159 Å². The van der Waals surface area contributed by atoms with Gasteiger partial charge in [0.15, 0.2) is 0 Å². The largest absolute Gasteiger partial charge is 0.457 e. The molecule has 7 nitrogen and oxygen atoms in total. The van der Waals surface area contributed by atoms with Crippen LogP contribution in [0.3, 0.4) is 0 Å². The fourth-order valence-electron chi connectivity index (χ4n) is 2.85. The number of sulfonamides is 1. The Hall–Kier alpha value is -2.42. The molecule has 0 spiro atoms. The number of amides is 1. The highest BCUT2D eigenvalue weighted by molar-refractivity contribution is 7.88. The van der Waals surface area contributed by atoms with Gasteiger partial charge in [0.2, 0.25) is 15.9 Å². The third-order valence-corrected chi connectivity index (χ3v) is 5.59. The van der Waals surface area contributed by atoms with Crippen molar-refractivity contribution in [2.75, 3.05) is 44.3 Å². The van der Waals surface area contributed by atoms with Crippen molar-refractivity contribution in [2.45, 2.75) is 0 Å². The van der Waals surface area contributed by atoms with Crippen LogP contribution < -0.4 is 10.1 Å². The van der Waals surface area contributed by atoms with E-state index in [1.807, 2.05) is 35.2 Å². The first-order chi connectivity index (χ1) is 12.9. The molecule has 1 amide bonds. The molecule has 2 aromatic rings. The molecule has 0 aliphatic carbocycles. The van der Waals surface area contributed by atoms with Crippen LogP contribution in [0.2, 0.25) is 0 Å². The molecular formula is C19H23N3O4S. The SMILES string of the molecule is CS(=O)(=O)N1CCN(CC(=O)Nc2ccc(Oc3ccccc3)cc2)CC1. The van der Waals surface area contributed by atoms with E-state index < -0.39 is 10.0 Å². The predicted octanol–water partition coefficient (Wildman–Crippen LogP) is 1.99. The van der Waals surface area contributed by atoms with Gasteiger partial charge in [0, 0.05) is 31.9 Å².